The summed E-state index contributed by atoms with van der Waals surface area (Å²) in [4.78, 5) is 0. The van der Waals surface area contributed by atoms with Crippen molar-refractivity contribution in [3.63, 3.8) is 0 Å². The molecule has 86 valence electrons. The zero-order chi connectivity index (χ0) is 11.1. The standard InChI is InChI=1S/C13H24N2/c1-4-6-7-13(5-2)14-10-12-8-9-15(3)11-12/h8-9,11,13-14H,4-7,10H2,1-3H3. The van der Waals surface area contributed by atoms with Crippen molar-refractivity contribution in [3.05, 3.63) is 24.0 Å². The molecule has 0 radical (unpaired) electrons. The first-order valence-electron chi connectivity index (χ1n) is 6.10. The summed E-state index contributed by atoms with van der Waals surface area (Å²) in [5.41, 5.74) is 1.38. The fourth-order valence-electron chi connectivity index (χ4n) is 1.83. The van der Waals surface area contributed by atoms with E-state index in [1.807, 2.05) is 0 Å². The van der Waals surface area contributed by atoms with Gasteiger partial charge in [0.15, 0.2) is 0 Å². The molecule has 0 saturated carbocycles. The molecule has 0 aromatic carbocycles. The molecule has 0 spiro atoms. The number of hydrogen-bond acceptors (Lipinski definition) is 1. The molecule has 0 fully saturated rings. The lowest BCUT2D eigenvalue weighted by atomic mass is 10.1. The first-order chi connectivity index (χ1) is 7.26. The third-order valence-corrected chi connectivity index (χ3v) is 2.89. The lowest BCUT2D eigenvalue weighted by molar-refractivity contribution is 0.452. The van der Waals surface area contributed by atoms with Gasteiger partial charge in [-0.15, -0.1) is 0 Å². The van der Waals surface area contributed by atoms with E-state index in [1.165, 1.54) is 31.2 Å². The highest BCUT2D eigenvalue weighted by atomic mass is 14.9. The molecule has 1 aromatic rings. The molecular formula is C13H24N2. The van der Waals surface area contributed by atoms with Crippen molar-refractivity contribution in [1.29, 1.82) is 0 Å². The van der Waals surface area contributed by atoms with E-state index >= 15 is 0 Å². The Morgan fingerprint density at radius 1 is 1.40 bits per heavy atom. The minimum absolute atomic E-state index is 0.685. The molecule has 0 amide bonds. The zero-order valence-electron chi connectivity index (χ0n) is 10.3. The van der Waals surface area contributed by atoms with E-state index in [9.17, 15) is 0 Å². The Morgan fingerprint density at radius 2 is 2.20 bits per heavy atom. The van der Waals surface area contributed by atoms with Crippen LogP contribution < -0.4 is 5.32 Å². The van der Waals surface area contributed by atoms with Crippen LogP contribution in [0.5, 0.6) is 0 Å². The van der Waals surface area contributed by atoms with Gasteiger partial charge in [0.1, 0.15) is 0 Å². The van der Waals surface area contributed by atoms with Crippen molar-refractivity contribution in [1.82, 2.24) is 9.88 Å². The Morgan fingerprint density at radius 3 is 2.73 bits per heavy atom. The normalized spacial score (nSPS) is 13.0. The van der Waals surface area contributed by atoms with E-state index in [-0.39, 0.29) is 0 Å². The maximum Gasteiger partial charge on any atom is 0.0223 e. The summed E-state index contributed by atoms with van der Waals surface area (Å²) in [7, 11) is 2.07. The molecule has 1 atom stereocenters. The fraction of sp³-hybridized carbons (Fsp3) is 0.692. The number of aromatic nitrogens is 1. The highest BCUT2D eigenvalue weighted by Crippen LogP contribution is 2.06. The molecule has 1 N–H and O–H groups in total. The van der Waals surface area contributed by atoms with Crippen molar-refractivity contribution in [2.75, 3.05) is 0 Å². The van der Waals surface area contributed by atoms with E-state index in [0.717, 1.165) is 6.54 Å². The summed E-state index contributed by atoms with van der Waals surface area (Å²) >= 11 is 0. The topological polar surface area (TPSA) is 17.0 Å². The molecule has 15 heavy (non-hydrogen) atoms. The summed E-state index contributed by atoms with van der Waals surface area (Å²) in [6.07, 6.45) is 9.44. The molecule has 1 aromatic heterocycles. The minimum Gasteiger partial charge on any atom is -0.357 e. The maximum absolute atomic E-state index is 3.62. The molecule has 0 saturated heterocycles. The number of nitrogens with zero attached hydrogens (tertiary/aromatic N) is 1. The Kier molecular flexibility index (Phi) is 5.48. The van der Waals surface area contributed by atoms with Gasteiger partial charge in [0.25, 0.3) is 0 Å². The third-order valence-electron chi connectivity index (χ3n) is 2.89. The summed E-state index contributed by atoms with van der Waals surface area (Å²) in [6.45, 7) is 5.52. The highest BCUT2D eigenvalue weighted by molar-refractivity contribution is 5.09. The number of unbranched alkanes of at least 4 members (excludes halogenated alkanes) is 1. The average molecular weight is 208 g/mol. The van der Waals surface area contributed by atoms with Gasteiger partial charge in [-0.05, 0) is 24.5 Å². The van der Waals surface area contributed by atoms with E-state index in [2.05, 4.69) is 49.2 Å². The molecule has 0 aliphatic rings. The zero-order valence-corrected chi connectivity index (χ0v) is 10.3. The Balaban J connectivity index is 2.27. The second kappa shape index (κ2) is 6.67. The van der Waals surface area contributed by atoms with Gasteiger partial charge >= 0.3 is 0 Å². The van der Waals surface area contributed by atoms with Gasteiger partial charge in [0.05, 0.1) is 0 Å². The molecule has 1 unspecified atom stereocenters. The van der Waals surface area contributed by atoms with Crippen LogP contribution in [0.15, 0.2) is 18.5 Å². The van der Waals surface area contributed by atoms with Crippen LogP contribution in [0.1, 0.15) is 45.1 Å². The highest BCUT2D eigenvalue weighted by Gasteiger charge is 2.04. The molecule has 0 aliphatic heterocycles. The van der Waals surface area contributed by atoms with Crippen molar-refractivity contribution >= 4 is 0 Å². The van der Waals surface area contributed by atoms with Gasteiger partial charge < -0.3 is 9.88 Å². The van der Waals surface area contributed by atoms with Gasteiger partial charge in [0, 0.05) is 32.0 Å². The van der Waals surface area contributed by atoms with Crippen molar-refractivity contribution in [2.24, 2.45) is 7.05 Å². The summed E-state index contributed by atoms with van der Waals surface area (Å²) in [5.74, 6) is 0. The first-order valence-corrected chi connectivity index (χ1v) is 6.10. The molecule has 0 aliphatic carbocycles. The quantitative estimate of drug-likeness (QED) is 0.728. The molecule has 2 heteroatoms. The fourth-order valence-corrected chi connectivity index (χ4v) is 1.83. The number of aryl methyl sites for hydroxylation is 1. The second-order valence-corrected chi connectivity index (χ2v) is 4.31. The predicted octanol–water partition coefficient (Wildman–Crippen LogP) is 3.08. The maximum atomic E-state index is 3.62. The Bertz CT molecular complexity index is 265. The SMILES string of the molecule is CCCCC(CC)NCc1ccn(C)c1. The van der Waals surface area contributed by atoms with Crippen LogP contribution in [-0.4, -0.2) is 10.6 Å². The van der Waals surface area contributed by atoms with Crippen molar-refractivity contribution < 1.29 is 0 Å². The largest absolute Gasteiger partial charge is 0.357 e. The van der Waals surface area contributed by atoms with E-state index in [0.29, 0.717) is 6.04 Å². The monoisotopic (exact) mass is 208 g/mol. The van der Waals surface area contributed by atoms with Gasteiger partial charge in [0.2, 0.25) is 0 Å². The van der Waals surface area contributed by atoms with Crippen LogP contribution in [0.4, 0.5) is 0 Å². The van der Waals surface area contributed by atoms with E-state index < -0.39 is 0 Å². The van der Waals surface area contributed by atoms with Gasteiger partial charge in [-0.2, -0.15) is 0 Å². The molecule has 1 heterocycles. The molecule has 0 bridgehead atoms. The Hall–Kier alpha value is -0.760. The van der Waals surface area contributed by atoms with Gasteiger partial charge in [-0.1, -0.05) is 26.7 Å². The van der Waals surface area contributed by atoms with Crippen molar-refractivity contribution in [3.8, 4) is 0 Å². The van der Waals surface area contributed by atoms with E-state index in [1.54, 1.807) is 0 Å². The third kappa shape index (κ3) is 4.52. The van der Waals surface area contributed by atoms with E-state index in [4.69, 9.17) is 0 Å². The molecular weight excluding hydrogens is 184 g/mol. The van der Waals surface area contributed by atoms with Gasteiger partial charge in [-0.25, -0.2) is 0 Å². The average Bonchev–Trinajstić information content (AvgIpc) is 2.65. The van der Waals surface area contributed by atoms with Crippen molar-refractivity contribution in [2.45, 2.75) is 52.1 Å². The number of hydrogen-bond donors (Lipinski definition) is 1. The molecule has 1 rings (SSSR count). The van der Waals surface area contributed by atoms with Crippen LogP contribution in [0.3, 0.4) is 0 Å². The van der Waals surface area contributed by atoms with Crippen LogP contribution >= 0.6 is 0 Å². The summed E-state index contributed by atoms with van der Waals surface area (Å²) in [6, 6.07) is 2.87. The number of rotatable bonds is 7. The minimum atomic E-state index is 0.685. The van der Waals surface area contributed by atoms with Crippen LogP contribution in [0, 0.1) is 0 Å². The summed E-state index contributed by atoms with van der Waals surface area (Å²) < 4.78 is 2.10. The lowest BCUT2D eigenvalue weighted by Gasteiger charge is -2.15. The predicted molar refractivity (Wildman–Crippen MR) is 65.9 cm³/mol. The smallest absolute Gasteiger partial charge is 0.0223 e. The summed E-state index contributed by atoms with van der Waals surface area (Å²) in [5, 5.41) is 3.62. The van der Waals surface area contributed by atoms with Gasteiger partial charge in [-0.3, -0.25) is 0 Å². The number of nitrogens with one attached hydrogen (secondary N) is 1. The molecule has 2 nitrogen and oxygen atoms in total. The van der Waals surface area contributed by atoms with Crippen LogP contribution in [0.25, 0.3) is 0 Å². The first kappa shape index (κ1) is 12.3. The van der Waals surface area contributed by atoms with Crippen LogP contribution in [0.2, 0.25) is 0 Å². The van der Waals surface area contributed by atoms with Crippen LogP contribution in [-0.2, 0) is 13.6 Å². The Labute approximate surface area is 93.7 Å². The lowest BCUT2D eigenvalue weighted by Crippen LogP contribution is -2.27. The second-order valence-electron chi connectivity index (χ2n) is 4.31.